The number of ether oxygens (including phenoxy) is 1. The van der Waals surface area contributed by atoms with Gasteiger partial charge in [0.25, 0.3) is 0 Å². The SMILES string of the molecule is CC(C)N(C[C@H]1O[C@@H](n2cnc3c(NC4CCCC4)nc(Cl)nc32)[C@H](O)[C@@H]1O)C(=O)CP(=O)(O)O. The van der Waals surface area contributed by atoms with Crippen LogP contribution in [0.4, 0.5) is 5.82 Å². The van der Waals surface area contributed by atoms with Gasteiger partial charge in [-0.05, 0) is 38.3 Å². The smallest absolute Gasteiger partial charge is 0.334 e. The van der Waals surface area contributed by atoms with Crippen molar-refractivity contribution in [2.75, 3.05) is 18.0 Å². The van der Waals surface area contributed by atoms with Crippen molar-refractivity contribution in [1.29, 1.82) is 0 Å². The zero-order valence-corrected chi connectivity index (χ0v) is 21.0. The summed E-state index contributed by atoms with van der Waals surface area (Å²) in [5.74, 6) is -0.304. The second-order valence-corrected chi connectivity index (χ2v) is 11.3. The van der Waals surface area contributed by atoms with Crippen LogP contribution in [0, 0.1) is 0 Å². The molecular formula is C20H30ClN6O7P. The zero-order valence-electron chi connectivity index (χ0n) is 19.4. The largest absolute Gasteiger partial charge is 0.387 e. The molecular weight excluding hydrogens is 503 g/mol. The van der Waals surface area contributed by atoms with Gasteiger partial charge < -0.3 is 35.0 Å². The first-order valence-electron chi connectivity index (χ1n) is 11.5. The van der Waals surface area contributed by atoms with E-state index in [2.05, 4.69) is 20.3 Å². The molecule has 0 unspecified atom stereocenters. The molecule has 2 aromatic heterocycles. The number of carbonyl (C=O) groups is 1. The molecule has 3 heterocycles. The molecule has 4 rings (SSSR count). The number of aromatic nitrogens is 4. The van der Waals surface area contributed by atoms with Gasteiger partial charge in [-0.15, -0.1) is 0 Å². The fourth-order valence-corrected chi connectivity index (χ4v) is 5.31. The maximum atomic E-state index is 12.5. The Morgan fingerprint density at radius 1 is 1.29 bits per heavy atom. The second-order valence-electron chi connectivity index (χ2n) is 9.30. The van der Waals surface area contributed by atoms with Crippen molar-refractivity contribution in [3.63, 3.8) is 0 Å². The summed E-state index contributed by atoms with van der Waals surface area (Å²) in [7, 11) is -4.58. The number of anilines is 1. The number of halogens is 1. The van der Waals surface area contributed by atoms with E-state index in [-0.39, 0.29) is 17.9 Å². The van der Waals surface area contributed by atoms with Gasteiger partial charge in [0, 0.05) is 18.6 Å². The predicted octanol–water partition coefficient (Wildman–Crippen LogP) is 0.868. The molecule has 5 N–H and O–H groups in total. The molecule has 13 nitrogen and oxygen atoms in total. The highest BCUT2D eigenvalue weighted by Gasteiger charge is 2.46. The van der Waals surface area contributed by atoms with E-state index in [1.54, 1.807) is 13.8 Å². The van der Waals surface area contributed by atoms with E-state index in [0.29, 0.717) is 17.0 Å². The van der Waals surface area contributed by atoms with Gasteiger partial charge in [0.05, 0.1) is 6.33 Å². The number of hydrogen-bond donors (Lipinski definition) is 5. The monoisotopic (exact) mass is 532 g/mol. The van der Waals surface area contributed by atoms with E-state index in [1.807, 2.05) is 0 Å². The third kappa shape index (κ3) is 5.77. The highest BCUT2D eigenvalue weighted by molar-refractivity contribution is 7.52. The van der Waals surface area contributed by atoms with Crippen LogP contribution in [0.15, 0.2) is 6.33 Å². The van der Waals surface area contributed by atoms with E-state index in [9.17, 15) is 29.4 Å². The summed E-state index contributed by atoms with van der Waals surface area (Å²) in [5.41, 5.74) is 0.747. The van der Waals surface area contributed by atoms with Crippen LogP contribution >= 0.6 is 19.2 Å². The summed E-state index contributed by atoms with van der Waals surface area (Å²) in [6, 6.07) is -0.174. The van der Waals surface area contributed by atoms with E-state index in [0.717, 1.165) is 25.7 Å². The Morgan fingerprint density at radius 2 is 1.97 bits per heavy atom. The lowest BCUT2D eigenvalue weighted by molar-refractivity contribution is -0.133. The molecule has 0 spiro atoms. The minimum absolute atomic E-state index is 0.0154. The third-order valence-corrected chi connectivity index (χ3v) is 7.21. The third-order valence-electron chi connectivity index (χ3n) is 6.36. The molecule has 0 aromatic carbocycles. The number of hydrogen-bond acceptors (Lipinski definition) is 9. The maximum absolute atomic E-state index is 12.5. The topological polar surface area (TPSA) is 183 Å². The summed E-state index contributed by atoms with van der Waals surface area (Å²) in [6.45, 7) is 3.17. The quantitative estimate of drug-likeness (QED) is 0.240. The molecule has 1 saturated heterocycles. The summed E-state index contributed by atoms with van der Waals surface area (Å²) >= 11 is 6.17. The number of nitrogens with zero attached hydrogens (tertiary/aromatic N) is 5. The lowest BCUT2D eigenvalue weighted by Gasteiger charge is -2.30. The Labute approximate surface area is 206 Å². The van der Waals surface area contributed by atoms with Crippen LogP contribution in [0.3, 0.4) is 0 Å². The molecule has 1 amide bonds. The normalized spacial score (nSPS) is 25.6. The first-order chi connectivity index (χ1) is 16.4. The maximum Gasteiger partial charge on any atom is 0.334 e. The lowest BCUT2D eigenvalue weighted by atomic mass is 10.1. The van der Waals surface area contributed by atoms with Gasteiger partial charge in [-0.3, -0.25) is 13.9 Å². The van der Waals surface area contributed by atoms with Crippen molar-refractivity contribution in [2.24, 2.45) is 0 Å². The Bertz CT molecular complexity index is 1120. The highest BCUT2D eigenvalue weighted by atomic mass is 35.5. The van der Waals surface area contributed by atoms with Crippen LogP contribution in [0.2, 0.25) is 5.28 Å². The van der Waals surface area contributed by atoms with Crippen LogP contribution in [0.1, 0.15) is 45.8 Å². The number of aliphatic hydroxyl groups excluding tert-OH is 2. The summed E-state index contributed by atoms with van der Waals surface area (Å²) in [6.07, 6.45) is -0.155. The first-order valence-corrected chi connectivity index (χ1v) is 13.6. The molecule has 0 radical (unpaired) electrons. The van der Waals surface area contributed by atoms with Gasteiger partial charge in [0.2, 0.25) is 11.2 Å². The van der Waals surface area contributed by atoms with Crippen molar-refractivity contribution in [3.8, 4) is 0 Å². The van der Waals surface area contributed by atoms with Crippen LogP contribution in [-0.4, -0.2) is 93.4 Å². The number of fused-ring (bicyclic) bond motifs is 1. The molecule has 2 aromatic rings. The predicted molar refractivity (Wildman–Crippen MR) is 126 cm³/mol. The van der Waals surface area contributed by atoms with Gasteiger partial charge in [0.15, 0.2) is 23.2 Å². The van der Waals surface area contributed by atoms with Gasteiger partial charge in [0.1, 0.15) is 24.5 Å². The Kier molecular flexibility index (Phi) is 7.68. The molecule has 2 fully saturated rings. The fourth-order valence-electron chi connectivity index (χ4n) is 4.61. The van der Waals surface area contributed by atoms with E-state index in [4.69, 9.17) is 16.3 Å². The standard InChI is InChI=1S/C20H30ClN6O7P/c1-10(2)26(13(28)8-35(31,32)33)7-12-15(29)16(30)19(34-12)27-9-22-14-17(23-11-5-3-4-6-11)24-20(21)25-18(14)27/h9-12,15-16,19,29-30H,3-8H2,1-2H3,(H,23,24,25)(H2,31,32,33)/t12-,15-,16-,19-/m1/s1. The van der Waals surface area contributed by atoms with Crippen molar-refractivity contribution in [2.45, 2.75) is 76.2 Å². The van der Waals surface area contributed by atoms with Crippen LogP contribution < -0.4 is 5.32 Å². The first kappa shape index (κ1) is 26.2. The van der Waals surface area contributed by atoms with E-state index >= 15 is 0 Å². The number of nitrogens with one attached hydrogen (secondary N) is 1. The Morgan fingerprint density at radius 3 is 2.60 bits per heavy atom. The zero-order chi connectivity index (χ0) is 25.5. The van der Waals surface area contributed by atoms with Crippen LogP contribution in [0.25, 0.3) is 11.2 Å². The summed E-state index contributed by atoms with van der Waals surface area (Å²) in [5, 5.41) is 24.8. The molecule has 2 aliphatic rings. The molecule has 1 aliphatic heterocycles. The highest BCUT2D eigenvalue weighted by Crippen LogP contribution is 2.36. The average molecular weight is 533 g/mol. The summed E-state index contributed by atoms with van der Waals surface area (Å²) in [4.78, 5) is 44.9. The van der Waals surface area contributed by atoms with Gasteiger partial charge in [-0.2, -0.15) is 9.97 Å². The molecule has 194 valence electrons. The number of aliphatic hydroxyl groups is 2. The van der Waals surface area contributed by atoms with Gasteiger partial charge in [-0.1, -0.05) is 12.8 Å². The molecule has 35 heavy (non-hydrogen) atoms. The fraction of sp³-hybridized carbons (Fsp3) is 0.700. The number of imidazole rings is 1. The van der Waals surface area contributed by atoms with Crippen molar-refractivity contribution in [3.05, 3.63) is 11.6 Å². The Balaban J connectivity index is 1.57. The minimum Gasteiger partial charge on any atom is -0.387 e. The molecule has 0 bridgehead atoms. The minimum atomic E-state index is -4.58. The number of amides is 1. The van der Waals surface area contributed by atoms with Crippen molar-refractivity contribution >= 4 is 42.1 Å². The van der Waals surface area contributed by atoms with Crippen molar-refractivity contribution < 1.29 is 34.1 Å². The second kappa shape index (κ2) is 10.3. The van der Waals surface area contributed by atoms with E-state index < -0.39 is 50.2 Å². The van der Waals surface area contributed by atoms with Gasteiger partial charge >= 0.3 is 7.60 Å². The van der Waals surface area contributed by atoms with Crippen LogP contribution in [-0.2, 0) is 14.1 Å². The number of rotatable bonds is 8. The molecule has 1 aliphatic carbocycles. The lowest BCUT2D eigenvalue weighted by Crippen LogP contribution is -2.46. The summed E-state index contributed by atoms with van der Waals surface area (Å²) < 4.78 is 18.7. The van der Waals surface area contributed by atoms with Crippen molar-refractivity contribution in [1.82, 2.24) is 24.4 Å². The Hall–Kier alpha value is -1.86. The van der Waals surface area contributed by atoms with Crippen LogP contribution in [0.5, 0.6) is 0 Å². The number of carbonyl (C=O) groups excluding carboxylic acids is 1. The average Bonchev–Trinajstić information content (AvgIpc) is 3.46. The van der Waals surface area contributed by atoms with Gasteiger partial charge in [-0.25, -0.2) is 4.98 Å². The van der Waals surface area contributed by atoms with E-state index in [1.165, 1.54) is 15.8 Å². The molecule has 15 heteroatoms. The molecule has 1 saturated carbocycles. The molecule has 4 atom stereocenters.